The molecular weight excluding hydrogens is 505 g/mol. The summed E-state index contributed by atoms with van der Waals surface area (Å²) in [7, 11) is 1.72. The molecule has 2 aliphatic heterocycles. The summed E-state index contributed by atoms with van der Waals surface area (Å²) >= 11 is 0. The van der Waals surface area contributed by atoms with Crippen molar-refractivity contribution in [3.8, 4) is 5.75 Å². The summed E-state index contributed by atoms with van der Waals surface area (Å²) in [6.45, 7) is 3.98. The van der Waals surface area contributed by atoms with Crippen molar-refractivity contribution in [2.45, 2.75) is 57.4 Å². The minimum absolute atomic E-state index is 0.0287. The van der Waals surface area contributed by atoms with Crippen molar-refractivity contribution >= 4 is 18.0 Å². The van der Waals surface area contributed by atoms with E-state index in [4.69, 9.17) is 9.73 Å². The van der Waals surface area contributed by atoms with Crippen LogP contribution in [-0.2, 0) is 17.6 Å². The molecule has 0 N–H and O–H groups in total. The third-order valence-corrected chi connectivity index (χ3v) is 8.97. The van der Waals surface area contributed by atoms with Crippen molar-refractivity contribution in [2.75, 3.05) is 33.3 Å². The molecule has 212 valence electrons. The van der Waals surface area contributed by atoms with Crippen LogP contribution in [0.25, 0.3) is 0 Å². The normalized spacial score (nSPS) is 22.9. The van der Waals surface area contributed by atoms with E-state index in [1.807, 2.05) is 11.1 Å². The number of fused-ring (bicyclic) bond motifs is 1. The number of ether oxygens (including phenoxy) is 1. The maximum atomic E-state index is 13.3. The Kier molecular flexibility index (Phi) is 8.67. The van der Waals surface area contributed by atoms with Crippen LogP contribution in [0.2, 0.25) is 0 Å². The minimum Gasteiger partial charge on any atom is -0.497 e. The molecule has 2 heterocycles. The molecule has 40 heavy (non-hydrogen) atoms. The summed E-state index contributed by atoms with van der Waals surface area (Å²) in [5.41, 5.74) is 3.03. The van der Waals surface area contributed by atoms with E-state index in [0.29, 0.717) is 37.0 Å². The van der Waals surface area contributed by atoms with E-state index in [9.17, 15) is 14.0 Å². The number of benzene rings is 2. The summed E-state index contributed by atoms with van der Waals surface area (Å²) in [5.74, 6) is 1.17. The lowest BCUT2D eigenvalue weighted by Crippen LogP contribution is -2.52. The van der Waals surface area contributed by atoms with Gasteiger partial charge in [0.15, 0.2) is 0 Å². The molecular formula is C33H40FN3O3. The van der Waals surface area contributed by atoms with Crippen LogP contribution in [0.1, 0.15) is 60.5 Å². The second-order valence-corrected chi connectivity index (χ2v) is 11.4. The molecule has 3 aliphatic rings. The van der Waals surface area contributed by atoms with Gasteiger partial charge in [0, 0.05) is 31.4 Å². The molecule has 0 radical (unpaired) electrons. The largest absolute Gasteiger partial charge is 0.497 e. The Labute approximate surface area is 236 Å². The van der Waals surface area contributed by atoms with Gasteiger partial charge in [-0.15, -0.1) is 0 Å². The molecule has 0 bridgehead atoms. The van der Waals surface area contributed by atoms with Crippen LogP contribution in [0.4, 0.5) is 4.39 Å². The monoisotopic (exact) mass is 545 g/mol. The van der Waals surface area contributed by atoms with E-state index >= 15 is 0 Å². The summed E-state index contributed by atoms with van der Waals surface area (Å²) in [4.78, 5) is 34.4. The number of aryl methyl sites for hydroxylation is 1. The zero-order valence-corrected chi connectivity index (χ0v) is 23.7. The number of carbonyl (C=O) groups excluding carboxylic acids is 2. The first-order valence-electron chi connectivity index (χ1n) is 14.6. The van der Waals surface area contributed by atoms with Gasteiger partial charge in [0.05, 0.1) is 12.6 Å². The summed E-state index contributed by atoms with van der Waals surface area (Å²) < 4.78 is 18.8. The van der Waals surface area contributed by atoms with Gasteiger partial charge >= 0.3 is 0 Å². The van der Waals surface area contributed by atoms with Crippen molar-refractivity contribution in [1.29, 1.82) is 0 Å². The van der Waals surface area contributed by atoms with E-state index in [2.05, 4.69) is 37.3 Å². The smallest absolute Gasteiger partial charge is 0.254 e. The van der Waals surface area contributed by atoms with E-state index in [1.54, 1.807) is 12.0 Å². The fraction of sp³-hybridized carbons (Fsp3) is 0.485. The number of halogens is 1. The van der Waals surface area contributed by atoms with E-state index in [1.165, 1.54) is 35.4 Å². The number of rotatable bonds is 10. The molecule has 3 unspecified atom stereocenters. The van der Waals surface area contributed by atoms with Crippen molar-refractivity contribution < 1.29 is 18.7 Å². The van der Waals surface area contributed by atoms with Gasteiger partial charge in [-0.25, -0.2) is 4.39 Å². The molecule has 1 fully saturated rings. The molecule has 0 spiro atoms. The molecule has 2 aromatic rings. The molecule has 0 saturated carbocycles. The molecule has 1 aliphatic carbocycles. The molecule has 0 aromatic heterocycles. The van der Waals surface area contributed by atoms with Crippen LogP contribution in [0, 0.1) is 17.7 Å². The van der Waals surface area contributed by atoms with Gasteiger partial charge in [0.1, 0.15) is 18.1 Å². The van der Waals surface area contributed by atoms with Crippen molar-refractivity contribution in [2.24, 2.45) is 16.8 Å². The van der Waals surface area contributed by atoms with Crippen LogP contribution in [0.3, 0.4) is 0 Å². The quantitative estimate of drug-likeness (QED) is 0.396. The Hall–Kier alpha value is -3.48. The Balaban J connectivity index is 1.23. The standard InChI is InChI=1S/C33H40FN3O3/c1-3-15-33(16-5-17-35-33)30(26-8-7-24-11-14-29(40-2)22-27(24)21-26)6-4-18-36-19-20-37(23-31(36)38)32(39)25-9-12-28(34)13-10-25/h5,9-14,16-17,22,26,30H,3-4,6-8,15,18-21,23H2,1-2H3. The number of carbonyl (C=O) groups is 2. The Morgan fingerprint density at radius 2 is 2.00 bits per heavy atom. The molecule has 2 aromatic carbocycles. The number of allylic oxidation sites excluding steroid dienone is 1. The summed E-state index contributed by atoms with van der Waals surface area (Å²) in [6.07, 6.45) is 13.6. The predicted molar refractivity (Wildman–Crippen MR) is 155 cm³/mol. The zero-order chi connectivity index (χ0) is 28.1. The highest BCUT2D eigenvalue weighted by molar-refractivity contribution is 5.97. The van der Waals surface area contributed by atoms with Crippen LogP contribution in [-0.4, -0.2) is 66.7 Å². The number of aliphatic imine (C=N–C) groups is 1. The van der Waals surface area contributed by atoms with Crippen molar-refractivity contribution in [1.82, 2.24) is 9.80 Å². The minimum atomic E-state index is -0.382. The second-order valence-electron chi connectivity index (χ2n) is 11.4. The number of nitrogens with zero attached hydrogens (tertiary/aromatic N) is 3. The van der Waals surface area contributed by atoms with E-state index < -0.39 is 0 Å². The average molecular weight is 546 g/mol. The van der Waals surface area contributed by atoms with Crippen LogP contribution in [0.5, 0.6) is 5.75 Å². The molecule has 7 heteroatoms. The number of amides is 2. The first kappa shape index (κ1) is 28.1. The first-order valence-corrected chi connectivity index (χ1v) is 14.6. The SMILES string of the molecule is CCCC1(C(CCCN2CCN(C(=O)c3ccc(F)cc3)CC2=O)C2CCc3ccc(OC)cc3C2)C=CC=N1. The molecule has 5 rings (SSSR count). The van der Waals surface area contributed by atoms with Gasteiger partial charge in [-0.05, 0) is 104 Å². The Morgan fingerprint density at radius 3 is 2.70 bits per heavy atom. The fourth-order valence-electron chi connectivity index (χ4n) is 6.91. The topological polar surface area (TPSA) is 62.2 Å². The van der Waals surface area contributed by atoms with Gasteiger partial charge in [0.2, 0.25) is 5.91 Å². The van der Waals surface area contributed by atoms with Gasteiger partial charge in [0.25, 0.3) is 5.91 Å². The lowest BCUT2D eigenvalue weighted by molar-refractivity contribution is -0.135. The van der Waals surface area contributed by atoms with Crippen LogP contribution >= 0.6 is 0 Å². The van der Waals surface area contributed by atoms with Crippen LogP contribution in [0.15, 0.2) is 59.6 Å². The van der Waals surface area contributed by atoms with Crippen LogP contribution < -0.4 is 4.74 Å². The third kappa shape index (κ3) is 5.98. The van der Waals surface area contributed by atoms with Gasteiger partial charge in [-0.1, -0.05) is 25.5 Å². The lowest BCUT2D eigenvalue weighted by atomic mass is 9.66. The molecule has 3 atom stereocenters. The number of methoxy groups -OCH3 is 1. The number of piperazine rings is 1. The maximum absolute atomic E-state index is 13.3. The fourth-order valence-corrected chi connectivity index (χ4v) is 6.91. The highest BCUT2D eigenvalue weighted by atomic mass is 19.1. The predicted octanol–water partition coefficient (Wildman–Crippen LogP) is 5.50. The maximum Gasteiger partial charge on any atom is 0.254 e. The summed E-state index contributed by atoms with van der Waals surface area (Å²) in [5, 5.41) is 0. The lowest BCUT2D eigenvalue weighted by Gasteiger charge is -2.42. The third-order valence-electron chi connectivity index (χ3n) is 8.97. The second kappa shape index (κ2) is 12.4. The van der Waals surface area contributed by atoms with E-state index in [0.717, 1.165) is 50.7 Å². The zero-order valence-electron chi connectivity index (χ0n) is 23.7. The average Bonchev–Trinajstić information content (AvgIpc) is 3.45. The highest BCUT2D eigenvalue weighted by Crippen LogP contribution is 2.44. The van der Waals surface area contributed by atoms with Gasteiger partial charge in [-0.2, -0.15) is 0 Å². The van der Waals surface area contributed by atoms with Crippen molar-refractivity contribution in [3.63, 3.8) is 0 Å². The molecule has 1 saturated heterocycles. The Bertz CT molecular complexity index is 1260. The van der Waals surface area contributed by atoms with Crippen molar-refractivity contribution in [3.05, 3.63) is 77.1 Å². The number of hydrogen-bond acceptors (Lipinski definition) is 4. The van der Waals surface area contributed by atoms with E-state index in [-0.39, 0.29) is 29.7 Å². The summed E-state index contributed by atoms with van der Waals surface area (Å²) in [6, 6.07) is 12.0. The first-order chi connectivity index (χ1) is 19.4. The Morgan fingerprint density at radius 1 is 1.18 bits per heavy atom. The highest BCUT2D eigenvalue weighted by Gasteiger charge is 2.42. The van der Waals surface area contributed by atoms with Gasteiger partial charge < -0.3 is 14.5 Å². The number of hydrogen-bond donors (Lipinski definition) is 0. The molecule has 6 nitrogen and oxygen atoms in total. The van der Waals surface area contributed by atoms with Gasteiger partial charge in [-0.3, -0.25) is 14.6 Å². The molecule has 2 amide bonds.